The SMILES string of the molecule is COc1cccc(/C(=C(\c2ccc(/C=C/C(=O)O)cc2)c2ccc3c(c2)C(F)NN3)C2CC2)c1. The molecule has 1 heterocycles. The summed E-state index contributed by atoms with van der Waals surface area (Å²) in [5.74, 6) is 0.203. The molecule has 6 heteroatoms. The molecule has 3 aromatic carbocycles. The fourth-order valence-corrected chi connectivity index (χ4v) is 4.41. The predicted molar refractivity (Wildman–Crippen MR) is 132 cm³/mol. The van der Waals surface area contributed by atoms with Crippen molar-refractivity contribution in [2.45, 2.75) is 19.1 Å². The third kappa shape index (κ3) is 4.45. The van der Waals surface area contributed by atoms with E-state index in [2.05, 4.69) is 16.9 Å². The number of ether oxygens (including phenoxy) is 1. The molecule has 172 valence electrons. The fourth-order valence-electron chi connectivity index (χ4n) is 4.41. The Labute approximate surface area is 197 Å². The minimum Gasteiger partial charge on any atom is -0.497 e. The summed E-state index contributed by atoms with van der Waals surface area (Å²) in [6.45, 7) is 0. The van der Waals surface area contributed by atoms with E-state index in [9.17, 15) is 9.18 Å². The first-order chi connectivity index (χ1) is 16.5. The number of carboxylic acids is 1. The van der Waals surface area contributed by atoms with Crippen LogP contribution in [0.15, 0.2) is 72.8 Å². The lowest BCUT2D eigenvalue weighted by Gasteiger charge is -2.19. The summed E-state index contributed by atoms with van der Waals surface area (Å²) in [6.07, 6.45) is 3.60. The summed E-state index contributed by atoms with van der Waals surface area (Å²) >= 11 is 0. The van der Waals surface area contributed by atoms with E-state index in [1.54, 1.807) is 13.2 Å². The summed E-state index contributed by atoms with van der Waals surface area (Å²) in [6, 6.07) is 21.7. The van der Waals surface area contributed by atoms with Crippen molar-refractivity contribution in [3.63, 3.8) is 0 Å². The second-order valence-electron chi connectivity index (χ2n) is 8.52. The number of rotatable bonds is 7. The Kier molecular flexibility index (Phi) is 5.90. The topological polar surface area (TPSA) is 70.6 Å². The van der Waals surface area contributed by atoms with E-state index < -0.39 is 12.3 Å². The van der Waals surface area contributed by atoms with Crippen molar-refractivity contribution in [2.75, 3.05) is 12.5 Å². The molecule has 0 saturated heterocycles. The van der Waals surface area contributed by atoms with Crippen LogP contribution in [0.2, 0.25) is 0 Å². The quantitative estimate of drug-likeness (QED) is 0.229. The molecule has 1 aliphatic heterocycles. The number of carboxylic acid groups (broad SMARTS) is 1. The summed E-state index contributed by atoms with van der Waals surface area (Å²) in [7, 11) is 1.66. The number of aliphatic carboxylic acids is 1. The van der Waals surface area contributed by atoms with Crippen molar-refractivity contribution >= 4 is 28.9 Å². The monoisotopic (exact) mass is 456 g/mol. The van der Waals surface area contributed by atoms with Crippen LogP contribution in [0.5, 0.6) is 5.75 Å². The maximum absolute atomic E-state index is 14.5. The van der Waals surface area contributed by atoms with Crippen molar-refractivity contribution in [1.29, 1.82) is 0 Å². The van der Waals surface area contributed by atoms with E-state index in [0.717, 1.165) is 58.2 Å². The Morgan fingerprint density at radius 3 is 2.50 bits per heavy atom. The van der Waals surface area contributed by atoms with Crippen molar-refractivity contribution in [2.24, 2.45) is 5.92 Å². The van der Waals surface area contributed by atoms with Gasteiger partial charge in [0.1, 0.15) is 5.75 Å². The van der Waals surface area contributed by atoms with E-state index in [4.69, 9.17) is 9.84 Å². The molecule has 3 N–H and O–H groups in total. The lowest BCUT2D eigenvalue weighted by Crippen LogP contribution is -2.14. The number of carbonyl (C=O) groups is 1. The third-order valence-corrected chi connectivity index (χ3v) is 6.20. The molecule has 2 aliphatic rings. The van der Waals surface area contributed by atoms with Gasteiger partial charge in [-0.3, -0.25) is 0 Å². The molecule has 1 unspecified atom stereocenters. The molecular formula is C28H25FN2O3. The lowest BCUT2D eigenvalue weighted by atomic mass is 9.86. The maximum Gasteiger partial charge on any atom is 0.328 e. The van der Waals surface area contributed by atoms with Gasteiger partial charge in [-0.1, -0.05) is 42.5 Å². The number of benzene rings is 3. The average molecular weight is 457 g/mol. The highest BCUT2D eigenvalue weighted by molar-refractivity contribution is 6.00. The average Bonchev–Trinajstić information content (AvgIpc) is 3.63. The van der Waals surface area contributed by atoms with Crippen LogP contribution in [0, 0.1) is 5.92 Å². The van der Waals surface area contributed by atoms with Crippen molar-refractivity contribution in [1.82, 2.24) is 5.43 Å². The predicted octanol–water partition coefficient (Wildman–Crippen LogP) is 6.06. The van der Waals surface area contributed by atoms with E-state index in [-0.39, 0.29) is 0 Å². The van der Waals surface area contributed by atoms with Crippen LogP contribution in [0.4, 0.5) is 10.1 Å². The number of halogens is 1. The molecule has 5 nitrogen and oxygen atoms in total. The number of nitrogens with one attached hydrogen (secondary N) is 2. The van der Waals surface area contributed by atoms with Gasteiger partial charge in [-0.25, -0.2) is 14.6 Å². The van der Waals surface area contributed by atoms with Crippen molar-refractivity contribution in [3.8, 4) is 5.75 Å². The first kappa shape index (κ1) is 21.9. The molecule has 0 radical (unpaired) electrons. The van der Waals surface area contributed by atoms with E-state index in [1.807, 2.05) is 60.7 Å². The summed E-state index contributed by atoms with van der Waals surface area (Å²) < 4.78 is 20.0. The Hall–Kier alpha value is -3.90. The van der Waals surface area contributed by atoms with Gasteiger partial charge in [0.25, 0.3) is 0 Å². The molecule has 1 saturated carbocycles. The number of methoxy groups -OCH3 is 1. The minimum atomic E-state index is -1.28. The zero-order valence-corrected chi connectivity index (χ0v) is 18.7. The molecule has 0 aromatic heterocycles. The largest absolute Gasteiger partial charge is 0.497 e. The molecule has 34 heavy (non-hydrogen) atoms. The molecular weight excluding hydrogens is 431 g/mol. The van der Waals surface area contributed by atoms with Crippen LogP contribution in [0.25, 0.3) is 17.2 Å². The van der Waals surface area contributed by atoms with Gasteiger partial charge in [-0.15, -0.1) is 0 Å². The molecule has 0 bridgehead atoms. The second-order valence-corrected chi connectivity index (χ2v) is 8.52. The lowest BCUT2D eigenvalue weighted by molar-refractivity contribution is -0.131. The fraction of sp³-hybridized carbons (Fsp3) is 0.179. The molecule has 0 spiro atoms. The van der Waals surface area contributed by atoms with Gasteiger partial charge in [-0.2, -0.15) is 0 Å². The van der Waals surface area contributed by atoms with Crippen LogP contribution < -0.4 is 15.6 Å². The molecule has 0 amide bonds. The normalized spacial score (nSPS) is 17.8. The highest BCUT2D eigenvalue weighted by Crippen LogP contribution is 2.48. The Morgan fingerprint density at radius 2 is 1.79 bits per heavy atom. The van der Waals surface area contributed by atoms with Crippen molar-refractivity contribution in [3.05, 3.63) is 101 Å². The minimum absolute atomic E-state index is 0.402. The van der Waals surface area contributed by atoms with Gasteiger partial charge < -0.3 is 15.3 Å². The third-order valence-electron chi connectivity index (χ3n) is 6.20. The molecule has 1 aliphatic carbocycles. The van der Waals surface area contributed by atoms with Gasteiger partial charge in [0.15, 0.2) is 6.30 Å². The van der Waals surface area contributed by atoms with Crippen LogP contribution in [-0.4, -0.2) is 18.2 Å². The number of anilines is 1. The number of hydrogen-bond donors (Lipinski definition) is 3. The zero-order chi connectivity index (χ0) is 23.7. The summed E-state index contributed by atoms with van der Waals surface area (Å²) in [5.41, 5.74) is 12.9. The second kappa shape index (κ2) is 9.15. The summed E-state index contributed by atoms with van der Waals surface area (Å²) in [5, 5.41) is 8.93. The number of hydrogen-bond acceptors (Lipinski definition) is 4. The number of fused-ring (bicyclic) bond motifs is 1. The maximum atomic E-state index is 14.5. The first-order valence-corrected chi connectivity index (χ1v) is 11.2. The molecule has 3 aromatic rings. The van der Waals surface area contributed by atoms with Gasteiger partial charge in [0.2, 0.25) is 0 Å². The van der Waals surface area contributed by atoms with Crippen LogP contribution >= 0.6 is 0 Å². The molecule has 1 fully saturated rings. The highest BCUT2D eigenvalue weighted by atomic mass is 19.1. The number of allylic oxidation sites excluding steroid dienone is 1. The van der Waals surface area contributed by atoms with Gasteiger partial charge in [0, 0.05) is 11.6 Å². The van der Waals surface area contributed by atoms with Crippen LogP contribution in [0.3, 0.4) is 0 Å². The van der Waals surface area contributed by atoms with E-state index >= 15 is 0 Å². The van der Waals surface area contributed by atoms with Crippen LogP contribution in [-0.2, 0) is 4.79 Å². The zero-order valence-electron chi connectivity index (χ0n) is 18.7. The van der Waals surface area contributed by atoms with Gasteiger partial charge in [0.05, 0.1) is 12.8 Å². The number of hydrazine groups is 1. The molecule has 1 atom stereocenters. The van der Waals surface area contributed by atoms with Gasteiger partial charge >= 0.3 is 5.97 Å². The van der Waals surface area contributed by atoms with E-state index in [0.29, 0.717) is 11.5 Å². The Balaban J connectivity index is 1.70. The number of alkyl halides is 1. The highest BCUT2D eigenvalue weighted by Gasteiger charge is 2.31. The Bertz CT molecular complexity index is 1290. The van der Waals surface area contributed by atoms with Gasteiger partial charge in [-0.05, 0) is 82.5 Å². The van der Waals surface area contributed by atoms with Crippen molar-refractivity contribution < 1.29 is 19.0 Å². The Morgan fingerprint density at radius 1 is 1.03 bits per heavy atom. The smallest absolute Gasteiger partial charge is 0.328 e. The molecule has 5 rings (SSSR count). The standard InChI is InChI=1S/C28H25FN2O3/c1-34-22-4-2-3-20(15-22)26(19-10-11-19)27(18-8-5-17(6-9-18)7-14-25(32)33)21-12-13-24-23(16-21)28(29)31-30-24/h2-9,12-16,19,28,30-31H,10-11H2,1H3,(H,32,33)/b14-7+,27-26+. The summed E-state index contributed by atoms with van der Waals surface area (Å²) in [4.78, 5) is 10.9. The van der Waals surface area contributed by atoms with Crippen LogP contribution in [0.1, 0.15) is 47.0 Å². The first-order valence-electron chi connectivity index (χ1n) is 11.2. The van der Waals surface area contributed by atoms with E-state index in [1.165, 1.54) is 5.57 Å².